The summed E-state index contributed by atoms with van der Waals surface area (Å²) < 4.78 is 11.8. The molecule has 0 spiro atoms. The Morgan fingerprint density at radius 3 is 2.42 bits per heavy atom. The first-order chi connectivity index (χ1) is 17.4. The molecular weight excluding hydrogens is 538 g/mol. The van der Waals surface area contributed by atoms with Gasteiger partial charge in [-0.25, -0.2) is 0 Å². The summed E-state index contributed by atoms with van der Waals surface area (Å²) in [6, 6.07) is 19.8. The van der Waals surface area contributed by atoms with E-state index in [2.05, 4.69) is 50.1 Å². The number of anilines is 1. The number of rotatable bonds is 4. The zero-order valence-corrected chi connectivity index (χ0v) is 22.6. The molecule has 0 saturated carbocycles. The van der Waals surface area contributed by atoms with Gasteiger partial charge in [-0.1, -0.05) is 28.1 Å². The van der Waals surface area contributed by atoms with Gasteiger partial charge in [-0.2, -0.15) is 0 Å². The number of halogens is 1. The van der Waals surface area contributed by atoms with Crippen LogP contribution in [0.5, 0.6) is 11.5 Å². The van der Waals surface area contributed by atoms with Crippen molar-refractivity contribution in [1.82, 2.24) is 9.88 Å². The molecule has 1 aromatic heterocycles. The molecule has 0 amide bonds. The van der Waals surface area contributed by atoms with E-state index in [1.165, 1.54) is 5.56 Å². The second kappa shape index (κ2) is 8.80. The molecule has 2 aliphatic heterocycles. The molecular formula is C28H26BrN3O3S. The molecule has 6 nitrogen and oxygen atoms in total. The van der Waals surface area contributed by atoms with Crippen molar-refractivity contribution >= 4 is 49.9 Å². The molecule has 3 unspecified atom stereocenters. The number of aromatic amines is 1. The Hall–Kier alpha value is -3.07. The smallest absolute Gasteiger partial charge is 0.179 e. The number of nitrogens with zero attached hydrogens (tertiary/aromatic N) is 2. The first-order valence-electron chi connectivity index (χ1n) is 11.8. The lowest BCUT2D eigenvalue weighted by atomic mass is 9.88. The molecule has 184 valence electrons. The minimum atomic E-state index is -0.796. The van der Waals surface area contributed by atoms with E-state index in [9.17, 15) is 5.11 Å². The third kappa shape index (κ3) is 3.50. The van der Waals surface area contributed by atoms with Gasteiger partial charge >= 0.3 is 0 Å². The van der Waals surface area contributed by atoms with E-state index in [1.807, 2.05) is 48.2 Å². The highest BCUT2D eigenvalue weighted by molar-refractivity contribution is 9.10. The first-order valence-corrected chi connectivity index (χ1v) is 13.0. The number of H-pyrrole nitrogens is 1. The molecule has 6 rings (SSSR count). The van der Waals surface area contributed by atoms with Gasteiger partial charge in [0.05, 0.1) is 26.3 Å². The molecule has 1 saturated heterocycles. The van der Waals surface area contributed by atoms with Crippen LogP contribution < -0.4 is 14.4 Å². The maximum Gasteiger partial charge on any atom is 0.179 e. The molecule has 2 N–H and O–H groups in total. The highest BCUT2D eigenvalue weighted by atomic mass is 79.9. The number of ether oxygens (including phenoxy) is 2. The van der Waals surface area contributed by atoms with Crippen molar-refractivity contribution in [2.45, 2.75) is 31.7 Å². The van der Waals surface area contributed by atoms with Crippen LogP contribution in [-0.2, 0) is 6.42 Å². The largest absolute Gasteiger partial charge is 0.497 e. The average molecular weight is 565 g/mol. The number of hydrogen-bond acceptors (Lipinski definition) is 4. The van der Waals surface area contributed by atoms with Crippen molar-refractivity contribution in [2.75, 3.05) is 19.1 Å². The van der Waals surface area contributed by atoms with Crippen LogP contribution in [0, 0.1) is 6.92 Å². The van der Waals surface area contributed by atoms with Gasteiger partial charge < -0.3 is 24.5 Å². The number of nitrogens with one attached hydrogen (secondary N) is 1. The van der Waals surface area contributed by atoms with Crippen molar-refractivity contribution < 1.29 is 14.6 Å². The van der Waals surface area contributed by atoms with Crippen LogP contribution in [0.3, 0.4) is 0 Å². The number of aliphatic hydroxyl groups excluding tert-OH is 1. The van der Waals surface area contributed by atoms with Gasteiger partial charge in [-0.3, -0.25) is 4.90 Å². The average Bonchev–Trinajstić information content (AvgIpc) is 3.37. The molecule has 8 heteroatoms. The van der Waals surface area contributed by atoms with Gasteiger partial charge in [0, 0.05) is 26.8 Å². The summed E-state index contributed by atoms with van der Waals surface area (Å²) in [5, 5.41) is 13.5. The second-order valence-corrected chi connectivity index (χ2v) is 10.6. The standard InChI is InChI=1S/C28H26BrN3O3S/c1-15-12-19(35-3)9-11-23(15)32-27(33)24-14-21-20-13-17(29)6-10-22(20)30-25(21)26(31(24)28(32)36)16-4-7-18(34-2)8-5-16/h4-13,24,26-27,30,33H,14H2,1-3H3. The number of fused-ring (bicyclic) bond motifs is 4. The Kier molecular flexibility index (Phi) is 5.70. The van der Waals surface area contributed by atoms with Gasteiger partial charge in [0.15, 0.2) is 11.3 Å². The van der Waals surface area contributed by atoms with Gasteiger partial charge in [0.1, 0.15) is 11.5 Å². The minimum absolute atomic E-state index is 0.179. The topological polar surface area (TPSA) is 61.0 Å². The number of aliphatic hydroxyl groups is 1. The molecule has 0 aliphatic carbocycles. The molecule has 1 fully saturated rings. The number of methoxy groups -OCH3 is 2. The Morgan fingerprint density at radius 1 is 1.00 bits per heavy atom. The Labute approximate surface area is 223 Å². The summed E-state index contributed by atoms with van der Waals surface area (Å²) in [6.07, 6.45) is -0.124. The first kappa shape index (κ1) is 23.3. The second-order valence-electron chi connectivity index (χ2n) is 9.28. The Balaban J connectivity index is 1.52. The molecule has 0 radical (unpaired) electrons. The van der Waals surface area contributed by atoms with Crippen molar-refractivity contribution in [2.24, 2.45) is 0 Å². The van der Waals surface area contributed by atoms with E-state index in [4.69, 9.17) is 21.7 Å². The summed E-state index contributed by atoms with van der Waals surface area (Å²) in [7, 11) is 3.32. The number of hydrogen-bond donors (Lipinski definition) is 2. The van der Waals surface area contributed by atoms with Crippen molar-refractivity contribution in [3.05, 3.63) is 87.5 Å². The summed E-state index contributed by atoms with van der Waals surface area (Å²) in [5.74, 6) is 1.57. The van der Waals surface area contributed by atoms with Crippen molar-refractivity contribution in [3.63, 3.8) is 0 Å². The van der Waals surface area contributed by atoms with E-state index >= 15 is 0 Å². The number of thiocarbonyl (C=S) groups is 1. The SMILES string of the molecule is COc1ccc(C2c3[nH]c4ccc(Br)cc4c3CC3C(O)N(c4ccc(OC)cc4C)C(=S)N23)cc1. The number of benzene rings is 3. The lowest BCUT2D eigenvalue weighted by molar-refractivity contribution is 0.104. The van der Waals surface area contributed by atoms with Crippen LogP contribution in [0.2, 0.25) is 0 Å². The monoisotopic (exact) mass is 563 g/mol. The summed E-state index contributed by atoms with van der Waals surface area (Å²) in [5.41, 5.74) is 6.34. The fraction of sp³-hybridized carbons (Fsp3) is 0.250. The lowest BCUT2D eigenvalue weighted by Gasteiger charge is -2.38. The normalized spacial score (nSPS) is 21.0. The maximum absolute atomic E-state index is 11.7. The highest BCUT2D eigenvalue weighted by Crippen LogP contribution is 2.47. The van der Waals surface area contributed by atoms with Crippen LogP contribution in [0.15, 0.2) is 65.1 Å². The molecule has 4 aromatic rings. The lowest BCUT2D eigenvalue weighted by Crippen LogP contribution is -2.45. The van der Waals surface area contributed by atoms with Crippen LogP contribution in [0.4, 0.5) is 5.69 Å². The van der Waals surface area contributed by atoms with E-state index in [-0.39, 0.29) is 12.1 Å². The predicted molar refractivity (Wildman–Crippen MR) is 149 cm³/mol. The van der Waals surface area contributed by atoms with Crippen molar-refractivity contribution in [3.8, 4) is 11.5 Å². The van der Waals surface area contributed by atoms with E-state index in [0.717, 1.165) is 49.4 Å². The molecule has 3 atom stereocenters. The quantitative estimate of drug-likeness (QED) is 0.311. The molecule has 36 heavy (non-hydrogen) atoms. The van der Waals surface area contributed by atoms with Crippen LogP contribution in [0.25, 0.3) is 10.9 Å². The zero-order chi connectivity index (χ0) is 25.1. The predicted octanol–water partition coefficient (Wildman–Crippen LogP) is 5.70. The Morgan fingerprint density at radius 2 is 1.72 bits per heavy atom. The third-order valence-corrected chi connectivity index (χ3v) is 8.25. The highest BCUT2D eigenvalue weighted by Gasteiger charge is 2.51. The number of aryl methyl sites for hydroxylation is 1. The van der Waals surface area contributed by atoms with Crippen LogP contribution in [0.1, 0.15) is 28.4 Å². The van der Waals surface area contributed by atoms with Gasteiger partial charge in [0.2, 0.25) is 0 Å². The summed E-state index contributed by atoms with van der Waals surface area (Å²) in [4.78, 5) is 7.76. The third-order valence-electron chi connectivity index (χ3n) is 7.35. The Bertz CT molecular complexity index is 1490. The molecule has 0 bridgehead atoms. The molecule has 2 aliphatic rings. The van der Waals surface area contributed by atoms with Gasteiger partial charge in [-0.05, 0) is 90.8 Å². The fourth-order valence-corrected chi connectivity index (χ4v) is 6.44. The minimum Gasteiger partial charge on any atom is -0.497 e. The van der Waals surface area contributed by atoms with E-state index in [0.29, 0.717) is 11.5 Å². The van der Waals surface area contributed by atoms with Crippen LogP contribution in [-0.4, -0.2) is 46.6 Å². The fourth-order valence-electron chi connectivity index (χ4n) is 5.63. The number of aromatic nitrogens is 1. The van der Waals surface area contributed by atoms with Gasteiger partial charge in [-0.15, -0.1) is 0 Å². The summed E-state index contributed by atoms with van der Waals surface area (Å²) >= 11 is 9.72. The zero-order valence-electron chi connectivity index (χ0n) is 20.2. The maximum atomic E-state index is 11.7. The molecule has 3 aromatic carbocycles. The van der Waals surface area contributed by atoms with E-state index < -0.39 is 6.23 Å². The molecule has 3 heterocycles. The summed E-state index contributed by atoms with van der Waals surface area (Å²) in [6.45, 7) is 2.01. The van der Waals surface area contributed by atoms with Gasteiger partial charge in [0.25, 0.3) is 0 Å². The van der Waals surface area contributed by atoms with E-state index in [1.54, 1.807) is 14.2 Å². The van der Waals surface area contributed by atoms with Crippen molar-refractivity contribution in [1.29, 1.82) is 0 Å². The van der Waals surface area contributed by atoms with Crippen LogP contribution >= 0.6 is 28.1 Å².